The predicted octanol–water partition coefficient (Wildman–Crippen LogP) is 4.85. The van der Waals surface area contributed by atoms with Gasteiger partial charge in [0.1, 0.15) is 11.5 Å². The molecule has 86 valence electrons. The summed E-state index contributed by atoms with van der Waals surface area (Å²) in [5.41, 5.74) is 0. The van der Waals surface area contributed by atoms with Gasteiger partial charge in [0.15, 0.2) is 11.5 Å². The predicted molar refractivity (Wildman–Crippen MR) is 70.8 cm³/mol. The van der Waals surface area contributed by atoms with E-state index >= 15 is 0 Å². The molecule has 0 radical (unpaired) electrons. The number of hydrogen-bond acceptors (Lipinski definition) is 2. The van der Waals surface area contributed by atoms with Crippen molar-refractivity contribution in [3.05, 3.63) is 47.5 Å². The van der Waals surface area contributed by atoms with Crippen LogP contribution in [0.15, 0.2) is 45.2 Å². The van der Waals surface area contributed by atoms with E-state index in [2.05, 4.69) is 19.1 Å². The van der Waals surface area contributed by atoms with E-state index in [0.717, 1.165) is 31.2 Å². The maximum Gasteiger partial charge on any atom is 0.170 e. The van der Waals surface area contributed by atoms with Crippen LogP contribution in [0.4, 0.5) is 0 Å². The van der Waals surface area contributed by atoms with Crippen molar-refractivity contribution >= 4 is 8.19 Å². The van der Waals surface area contributed by atoms with Crippen LogP contribution < -0.4 is 0 Å². The van der Waals surface area contributed by atoms with Crippen molar-refractivity contribution in [2.45, 2.75) is 13.8 Å². The largest absolute Gasteiger partial charge is 0.458 e. The molecule has 0 aliphatic heterocycles. The summed E-state index contributed by atoms with van der Waals surface area (Å²) in [5.74, 6) is 3.43. The third-order valence-corrected chi connectivity index (χ3v) is 3.93. The normalized spacial score (nSPS) is 11.4. The van der Waals surface area contributed by atoms with E-state index in [0.29, 0.717) is 0 Å². The lowest BCUT2D eigenvalue weighted by Crippen LogP contribution is -1.65. The highest BCUT2D eigenvalue weighted by atomic mass is 31.0. The van der Waals surface area contributed by atoms with E-state index < -0.39 is 0 Å². The van der Waals surface area contributed by atoms with Gasteiger partial charge >= 0.3 is 0 Å². The zero-order valence-electron chi connectivity index (χ0n) is 9.78. The molecule has 0 saturated carbocycles. The third-order valence-electron chi connectivity index (χ3n) is 2.69. The Kier molecular flexibility index (Phi) is 2.45. The van der Waals surface area contributed by atoms with E-state index in [1.807, 2.05) is 31.2 Å². The van der Waals surface area contributed by atoms with Crippen molar-refractivity contribution in [2.24, 2.45) is 0 Å². The van der Waals surface area contributed by atoms with Crippen LogP contribution in [-0.2, 0) is 0 Å². The van der Waals surface area contributed by atoms with E-state index in [-0.39, 0.29) is 0 Å². The second-order valence-electron chi connectivity index (χ2n) is 4.13. The summed E-state index contributed by atoms with van der Waals surface area (Å²) >= 11 is 0. The lowest BCUT2D eigenvalue weighted by atomic mass is 10.3. The van der Waals surface area contributed by atoms with Crippen molar-refractivity contribution in [1.29, 1.82) is 0 Å². The summed E-state index contributed by atoms with van der Waals surface area (Å²) in [6.07, 6.45) is 0. The van der Waals surface area contributed by atoms with Gasteiger partial charge in [-0.3, -0.25) is 0 Å². The standard InChI is InChI=1S/C14H13O2P/c1-9-3-5-11(15-9)12-6-7-13(16-12)14-8-4-10(2)17-14/h3-8,17H,1-2H3. The minimum Gasteiger partial charge on any atom is -0.458 e. The Morgan fingerprint density at radius 1 is 0.765 bits per heavy atom. The lowest BCUT2D eigenvalue weighted by molar-refractivity contribution is 0.512. The van der Waals surface area contributed by atoms with Crippen LogP contribution in [0.25, 0.3) is 22.6 Å². The molecule has 3 rings (SSSR count). The molecule has 3 heterocycles. The van der Waals surface area contributed by atoms with Gasteiger partial charge in [-0.15, -0.1) is 8.19 Å². The smallest absolute Gasteiger partial charge is 0.170 e. The first kappa shape index (κ1) is 10.5. The SMILES string of the molecule is Cc1ccc(-c2ccc(-c3ccc(C)[pH]3)o2)o1. The number of rotatable bonds is 2. The minimum absolute atomic E-state index is 0.725. The molecular formula is C14H13O2P. The monoisotopic (exact) mass is 244 g/mol. The van der Waals surface area contributed by atoms with E-state index in [1.165, 1.54) is 10.6 Å². The molecule has 0 amide bonds. The van der Waals surface area contributed by atoms with Crippen LogP contribution in [-0.4, -0.2) is 0 Å². The molecule has 3 aromatic heterocycles. The molecular weight excluding hydrogens is 231 g/mol. The van der Waals surface area contributed by atoms with Gasteiger partial charge in [-0.05, 0) is 49.5 Å². The first-order valence-corrected chi connectivity index (χ1v) is 6.55. The molecule has 0 fully saturated rings. The molecule has 1 unspecified atom stereocenters. The summed E-state index contributed by atoms with van der Waals surface area (Å²) < 4.78 is 11.4. The van der Waals surface area contributed by atoms with Gasteiger partial charge in [-0.1, -0.05) is 6.07 Å². The maximum absolute atomic E-state index is 5.83. The van der Waals surface area contributed by atoms with Gasteiger partial charge in [0, 0.05) is 5.30 Å². The Hall–Kier alpha value is -1.66. The minimum atomic E-state index is 0.725. The van der Waals surface area contributed by atoms with Crippen molar-refractivity contribution in [2.75, 3.05) is 0 Å². The molecule has 0 spiro atoms. The highest BCUT2D eigenvalue weighted by Gasteiger charge is 2.10. The van der Waals surface area contributed by atoms with Gasteiger partial charge < -0.3 is 8.83 Å². The molecule has 0 aliphatic rings. The second-order valence-corrected chi connectivity index (χ2v) is 5.71. The Labute approximate surface area is 101 Å². The zero-order chi connectivity index (χ0) is 11.8. The third kappa shape index (κ3) is 1.96. The fourth-order valence-corrected chi connectivity index (χ4v) is 2.85. The fraction of sp³-hybridized carbons (Fsp3) is 0.143. The van der Waals surface area contributed by atoms with E-state index in [4.69, 9.17) is 8.83 Å². The van der Waals surface area contributed by atoms with Gasteiger partial charge in [0.25, 0.3) is 0 Å². The molecule has 0 bridgehead atoms. The summed E-state index contributed by atoms with van der Waals surface area (Å²) in [6.45, 7) is 4.07. The average Bonchev–Trinajstić information content (AvgIpc) is 2.96. The van der Waals surface area contributed by atoms with Crippen molar-refractivity contribution in [1.82, 2.24) is 0 Å². The van der Waals surface area contributed by atoms with E-state index in [9.17, 15) is 0 Å². The lowest BCUT2D eigenvalue weighted by Gasteiger charge is -1.92. The molecule has 3 aromatic rings. The Morgan fingerprint density at radius 3 is 2.12 bits per heavy atom. The highest BCUT2D eigenvalue weighted by molar-refractivity contribution is 7.34. The van der Waals surface area contributed by atoms with Crippen LogP contribution in [0.2, 0.25) is 0 Å². The summed E-state index contributed by atoms with van der Waals surface area (Å²) in [6, 6.07) is 12.1. The zero-order valence-corrected chi connectivity index (χ0v) is 10.8. The van der Waals surface area contributed by atoms with Crippen molar-refractivity contribution in [3.8, 4) is 22.6 Å². The van der Waals surface area contributed by atoms with Gasteiger partial charge in [-0.2, -0.15) is 0 Å². The average molecular weight is 244 g/mol. The van der Waals surface area contributed by atoms with Gasteiger partial charge in [-0.25, -0.2) is 0 Å². The Balaban J connectivity index is 1.98. The molecule has 1 atom stereocenters. The molecule has 0 saturated heterocycles. The summed E-state index contributed by atoms with van der Waals surface area (Å²) in [5, 5.41) is 2.66. The van der Waals surface area contributed by atoms with Crippen molar-refractivity contribution < 1.29 is 8.83 Å². The molecule has 0 aliphatic carbocycles. The summed E-state index contributed by atoms with van der Waals surface area (Å²) in [4.78, 5) is 0. The molecule has 17 heavy (non-hydrogen) atoms. The number of hydrogen-bond donors (Lipinski definition) is 0. The Morgan fingerprint density at radius 2 is 1.47 bits per heavy atom. The first-order valence-electron chi connectivity index (χ1n) is 5.55. The molecule has 3 heteroatoms. The quantitative estimate of drug-likeness (QED) is 0.643. The van der Waals surface area contributed by atoms with Crippen molar-refractivity contribution in [3.63, 3.8) is 0 Å². The fourth-order valence-electron chi connectivity index (χ4n) is 1.83. The van der Waals surface area contributed by atoms with Crippen LogP contribution in [0.3, 0.4) is 0 Å². The molecule has 0 aromatic carbocycles. The second kappa shape index (κ2) is 3.97. The van der Waals surface area contributed by atoms with E-state index in [1.54, 1.807) is 0 Å². The number of furan rings is 2. The Bertz CT molecular complexity index is 588. The van der Waals surface area contributed by atoms with Crippen LogP contribution in [0, 0.1) is 13.8 Å². The number of aryl methyl sites for hydroxylation is 2. The van der Waals surface area contributed by atoms with Gasteiger partial charge in [0.2, 0.25) is 0 Å². The van der Waals surface area contributed by atoms with Crippen LogP contribution in [0.5, 0.6) is 0 Å². The summed E-state index contributed by atoms with van der Waals surface area (Å²) in [7, 11) is 0.725. The maximum atomic E-state index is 5.83. The van der Waals surface area contributed by atoms with Gasteiger partial charge in [0.05, 0.1) is 0 Å². The molecule has 0 N–H and O–H groups in total. The van der Waals surface area contributed by atoms with Crippen LogP contribution >= 0.6 is 8.19 Å². The van der Waals surface area contributed by atoms with Crippen LogP contribution in [0.1, 0.15) is 11.1 Å². The molecule has 2 nitrogen and oxygen atoms in total. The first-order chi connectivity index (χ1) is 8.22. The highest BCUT2D eigenvalue weighted by Crippen LogP contribution is 2.35. The topological polar surface area (TPSA) is 26.3 Å².